The maximum absolute atomic E-state index is 12.8. The minimum absolute atomic E-state index is 0.0253. The Morgan fingerprint density at radius 1 is 1.04 bits per heavy atom. The van der Waals surface area contributed by atoms with E-state index >= 15 is 0 Å². The zero-order chi connectivity index (χ0) is 19.8. The van der Waals surface area contributed by atoms with Gasteiger partial charge in [-0.3, -0.25) is 4.79 Å². The molecule has 1 atom stereocenters. The quantitative estimate of drug-likeness (QED) is 0.691. The lowest BCUT2D eigenvalue weighted by Gasteiger charge is -2.36. The van der Waals surface area contributed by atoms with Crippen molar-refractivity contribution in [1.82, 2.24) is 4.90 Å². The molecule has 0 amide bonds. The van der Waals surface area contributed by atoms with Gasteiger partial charge in [-0.2, -0.15) is 0 Å². The number of ketones is 1. The van der Waals surface area contributed by atoms with E-state index in [1.807, 2.05) is 4.90 Å². The molecule has 0 N–H and O–H groups in total. The molecule has 1 heterocycles. The number of nitrogens with zero attached hydrogens (tertiary/aromatic N) is 1. The van der Waals surface area contributed by atoms with E-state index in [0.29, 0.717) is 44.8 Å². The predicted molar refractivity (Wildman–Crippen MR) is 98.8 cm³/mol. The second-order valence-electron chi connectivity index (χ2n) is 6.76. The summed E-state index contributed by atoms with van der Waals surface area (Å²) in [7, 11) is 2.57. The smallest absolute Gasteiger partial charge is 0.340 e. The fourth-order valence-electron chi connectivity index (χ4n) is 3.66. The lowest BCUT2D eigenvalue weighted by molar-refractivity contribution is -0.139. The number of carbonyl (C=O) groups is 3. The summed E-state index contributed by atoms with van der Waals surface area (Å²) in [4.78, 5) is 39.8. The number of carbonyl (C=O) groups excluding carboxylic acids is 3. The highest BCUT2D eigenvalue weighted by Gasteiger charge is 2.35. The van der Waals surface area contributed by atoms with Gasteiger partial charge in [0, 0.05) is 18.8 Å². The number of Topliss-reactive ketones (excluding diaryl/α,β-unsaturated/α-hetero) is 1. The van der Waals surface area contributed by atoms with Crippen LogP contribution in [0.1, 0.15) is 39.0 Å². The molecule has 7 heteroatoms. The first-order chi connectivity index (χ1) is 13.0. The molecular weight excluding hydrogens is 350 g/mol. The molecule has 1 aliphatic carbocycles. The lowest BCUT2D eigenvalue weighted by atomic mass is 9.86. The number of hydrogen-bond donors (Lipinski definition) is 0. The molecule has 1 fully saturated rings. The summed E-state index contributed by atoms with van der Waals surface area (Å²) < 4.78 is 15.4. The maximum atomic E-state index is 12.8. The molecule has 1 unspecified atom stereocenters. The number of rotatable bonds is 4. The topological polar surface area (TPSA) is 82.1 Å². The second-order valence-corrected chi connectivity index (χ2v) is 6.76. The van der Waals surface area contributed by atoms with Crippen LogP contribution in [0, 0.1) is 5.92 Å². The molecule has 7 nitrogen and oxygen atoms in total. The Bertz CT molecular complexity index is 630. The van der Waals surface area contributed by atoms with Crippen LogP contribution in [0.5, 0.6) is 0 Å². The van der Waals surface area contributed by atoms with Gasteiger partial charge in [0.2, 0.25) is 0 Å². The number of morpholine rings is 1. The Kier molecular flexibility index (Phi) is 8.03. The van der Waals surface area contributed by atoms with Crippen LogP contribution >= 0.6 is 0 Å². The summed E-state index contributed by atoms with van der Waals surface area (Å²) in [6, 6.07) is 0. The van der Waals surface area contributed by atoms with Crippen molar-refractivity contribution in [2.45, 2.75) is 39.0 Å². The molecule has 1 saturated heterocycles. The van der Waals surface area contributed by atoms with Crippen LogP contribution in [0.25, 0.3) is 0 Å². The molecule has 2 rings (SSSR count). The summed E-state index contributed by atoms with van der Waals surface area (Å²) in [6.45, 7) is 3.63. The molecule has 0 aromatic rings. The van der Waals surface area contributed by atoms with E-state index in [1.54, 1.807) is 6.08 Å². The first kappa shape index (κ1) is 21.2. The van der Waals surface area contributed by atoms with Gasteiger partial charge in [-0.1, -0.05) is 18.9 Å². The highest BCUT2D eigenvalue weighted by molar-refractivity contribution is 6.08. The van der Waals surface area contributed by atoms with Gasteiger partial charge in [0.05, 0.1) is 44.5 Å². The summed E-state index contributed by atoms with van der Waals surface area (Å²) in [5.74, 6) is -1.71. The Morgan fingerprint density at radius 2 is 1.70 bits per heavy atom. The van der Waals surface area contributed by atoms with E-state index in [1.165, 1.54) is 21.1 Å². The van der Waals surface area contributed by atoms with Crippen molar-refractivity contribution in [2.24, 2.45) is 5.92 Å². The third kappa shape index (κ3) is 5.19. The van der Waals surface area contributed by atoms with Crippen molar-refractivity contribution in [1.29, 1.82) is 0 Å². The van der Waals surface area contributed by atoms with E-state index < -0.39 is 17.9 Å². The second kappa shape index (κ2) is 10.3. The normalized spacial score (nSPS) is 26.6. The molecule has 2 aliphatic rings. The van der Waals surface area contributed by atoms with Crippen molar-refractivity contribution in [3.8, 4) is 0 Å². The largest absolute Gasteiger partial charge is 0.465 e. The van der Waals surface area contributed by atoms with Gasteiger partial charge in [-0.05, 0) is 26.2 Å². The average molecular weight is 379 g/mol. The average Bonchev–Trinajstić information content (AvgIpc) is 2.69. The predicted octanol–water partition coefficient (Wildman–Crippen LogP) is 2.01. The number of methoxy groups -OCH3 is 2. The van der Waals surface area contributed by atoms with Gasteiger partial charge in [-0.25, -0.2) is 9.59 Å². The zero-order valence-corrected chi connectivity index (χ0v) is 16.4. The van der Waals surface area contributed by atoms with Crippen LogP contribution in [0.3, 0.4) is 0 Å². The summed E-state index contributed by atoms with van der Waals surface area (Å²) in [5.41, 5.74) is 0.892. The number of ether oxygens (including phenoxy) is 3. The van der Waals surface area contributed by atoms with E-state index in [2.05, 4.69) is 0 Å². The SMILES string of the molecule is COC(=O)C1=C\CCCCCC(C(C)=O)/C(N2CCOCC2)=C\1C(=O)OC. The Balaban J connectivity index is 2.73. The summed E-state index contributed by atoms with van der Waals surface area (Å²) >= 11 is 0. The molecule has 150 valence electrons. The van der Waals surface area contributed by atoms with Crippen LogP contribution in [0.15, 0.2) is 22.9 Å². The van der Waals surface area contributed by atoms with Crippen molar-refractivity contribution in [3.05, 3.63) is 22.9 Å². The zero-order valence-electron chi connectivity index (χ0n) is 16.4. The van der Waals surface area contributed by atoms with Gasteiger partial charge in [0.1, 0.15) is 5.78 Å². The summed E-state index contributed by atoms with van der Waals surface area (Å²) in [6.07, 6.45) is 5.75. The third-order valence-electron chi connectivity index (χ3n) is 5.04. The van der Waals surface area contributed by atoms with Gasteiger partial charge >= 0.3 is 11.9 Å². The van der Waals surface area contributed by atoms with E-state index in [-0.39, 0.29) is 16.9 Å². The fourth-order valence-corrected chi connectivity index (χ4v) is 3.66. The first-order valence-corrected chi connectivity index (χ1v) is 9.45. The third-order valence-corrected chi connectivity index (χ3v) is 5.04. The van der Waals surface area contributed by atoms with Crippen molar-refractivity contribution in [3.63, 3.8) is 0 Å². The van der Waals surface area contributed by atoms with Gasteiger partial charge in [0.25, 0.3) is 0 Å². The van der Waals surface area contributed by atoms with Crippen molar-refractivity contribution in [2.75, 3.05) is 40.5 Å². The van der Waals surface area contributed by atoms with Gasteiger partial charge in [-0.15, -0.1) is 0 Å². The van der Waals surface area contributed by atoms with Crippen LogP contribution in [-0.2, 0) is 28.6 Å². The molecule has 27 heavy (non-hydrogen) atoms. The van der Waals surface area contributed by atoms with Gasteiger partial charge < -0.3 is 19.1 Å². The van der Waals surface area contributed by atoms with Crippen molar-refractivity contribution < 1.29 is 28.6 Å². The highest BCUT2D eigenvalue weighted by atomic mass is 16.5. The standard InChI is InChI=1S/C20H29NO6/c1-14(22)15-8-6-4-5-7-9-16(19(23)25-2)17(20(24)26-3)18(15)21-10-12-27-13-11-21/h9,15H,4-8,10-13H2,1-3H3/b16-9-,18-17-. The van der Waals surface area contributed by atoms with Crippen molar-refractivity contribution >= 4 is 17.7 Å². The molecule has 0 spiro atoms. The fraction of sp³-hybridized carbons (Fsp3) is 0.650. The number of esters is 2. The Morgan fingerprint density at radius 3 is 2.30 bits per heavy atom. The maximum Gasteiger partial charge on any atom is 0.340 e. The lowest BCUT2D eigenvalue weighted by Crippen LogP contribution is -2.41. The van der Waals surface area contributed by atoms with Crippen LogP contribution in [-0.4, -0.2) is 63.1 Å². The highest BCUT2D eigenvalue weighted by Crippen LogP contribution is 2.32. The summed E-state index contributed by atoms with van der Waals surface area (Å²) in [5, 5.41) is 0. The first-order valence-electron chi connectivity index (χ1n) is 9.45. The van der Waals surface area contributed by atoms with Gasteiger partial charge in [0.15, 0.2) is 0 Å². The molecule has 0 aromatic carbocycles. The van der Waals surface area contributed by atoms with E-state index in [0.717, 1.165) is 19.3 Å². The molecule has 0 aromatic heterocycles. The van der Waals surface area contributed by atoms with Crippen LogP contribution in [0.2, 0.25) is 0 Å². The van der Waals surface area contributed by atoms with Crippen LogP contribution < -0.4 is 0 Å². The minimum Gasteiger partial charge on any atom is -0.465 e. The van der Waals surface area contributed by atoms with Crippen LogP contribution in [0.4, 0.5) is 0 Å². The van der Waals surface area contributed by atoms with E-state index in [4.69, 9.17) is 14.2 Å². The molecule has 0 radical (unpaired) electrons. The van der Waals surface area contributed by atoms with E-state index in [9.17, 15) is 14.4 Å². The molecule has 1 aliphatic heterocycles. The molecule has 0 bridgehead atoms. The monoisotopic (exact) mass is 379 g/mol. The number of allylic oxidation sites excluding steroid dienone is 2. The molecule has 0 saturated carbocycles. The number of hydrogen-bond acceptors (Lipinski definition) is 7. The Hall–Kier alpha value is -2.15. The Labute approximate surface area is 160 Å². The molecular formula is C20H29NO6. The minimum atomic E-state index is -0.625.